The minimum atomic E-state index is -0.278. The van der Waals surface area contributed by atoms with E-state index in [2.05, 4.69) is 32.7 Å². The van der Waals surface area contributed by atoms with Gasteiger partial charge in [-0.3, -0.25) is 0 Å². The topological polar surface area (TPSA) is 21.3 Å². The summed E-state index contributed by atoms with van der Waals surface area (Å²) in [6.07, 6.45) is 0. The van der Waals surface area contributed by atoms with Crippen LogP contribution in [0.2, 0.25) is 0 Å². The van der Waals surface area contributed by atoms with Crippen LogP contribution < -0.4 is 10.1 Å². The lowest BCUT2D eigenvalue weighted by Gasteiger charge is -2.20. The van der Waals surface area contributed by atoms with Gasteiger partial charge in [0.2, 0.25) is 0 Å². The number of rotatable bonds is 5. The van der Waals surface area contributed by atoms with E-state index in [9.17, 15) is 4.39 Å². The molecule has 0 unspecified atom stereocenters. The fourth-order valence-electron chi connectivity index (χ4n) is 1.38. The highest BCUT2D eigenvalue weighted by Gasteiger charge is 2.09. The molecule has 1 aromatic carbocycles. The largest absolute Gasteiger partial charge is 0.489 e. The van der Waals surface area contributed by atoms with Crippen LogP contribution in [0.25, 0.3) is 0 Å². The SMILES string of the molecule is C=C(C)COc1cc(F)cc(CNC(C)(C)C)c1. The maximum absolute atomic E-state index is 13.4. The summed E-state index contributed by atoms with van der Waals surface area (Å²) in [6, 6.07) is 4.76. The maximum atomic E-state index is 13.4. The molecule has 0 aliphatic rings. The van der Waals surface area contributed by atoms with E-state index in [-0.39, 0.29) is 11.4 Å². The zero-order valence-electron chi connectivity index (χ0n) is 11.6. The highest BCUT2D eigenvalue weighted by Crippen LogP contribution is 2.17. The zero-order valence-corrected chi connectivity index (χ0v) is 11.6. The normalized spacial score (nSPS) is 11.4. The Hall–Kier alpha value is -1.35. The van der Waals surface area contributed by atoms with E-state index in [0.29, 0.717) is 18.9 Å². The second kappa shape index (κ2) is 6.01. The number of ether oxygens (including phenoxy) is 1. The van der Waals surface area contributed by atoms with Gasteiger partial charge in [-0.15, -0.1) is 0 Å². The molecule has 0 aromatic heterocycles. The molecule has 0 saturated heterocycles. The van der Waals surface area contributed by atoms with Crippen molar-refractivity contribution in [2.75, 3.05) is 6.61 Å². The fraction of sp³-hybridized carbons (Fsp3) is 0.467. The van der Waals surface area contributed by atoms with Crippen LogP contribution >= 0.6 is 0 Å². The van der Waals surface area contributed by atoms with Crippen LogP contribution in [0.3, 0.4) is 0 Å². The quantitative estimate of drug-likeness (QED) is 0.806. The number of benzene rings is 1. The molecule has 1 aromatic rings. The molecule has 1 N–H and O–H groups in total. The Morgan fingerprint density at radius 3 is 2.56 bits per heavy atom. The Morgan fingerprint density at radius 2 is 2.00 bits per heavy atom. The predicted octanol–water partition coefficient (Wildman–Crippen LogP) is 3.67. The molecule has 0 spiro atoms. The average Bonchev–Trinajstić information content (AvgIpc) is 2.22. The van der Waals surface area contributed by atoms with Gasteiger partial charge in [-0.1, -0.05) is 6.58 Å². The number of nitrogens with one attached hydrogen (secondary N) is 1. The van der Waals surface area contributed by atoms with Crippen LogP contribution in [0.1, 0.15) is 33.3 Å². The van der Waals surface area contributed by atoms with Gasteiger partial charge in [0.15, 0.2) is 0 Å². The Bertz CT molecular complexity index is 421. The highest BCUT2D eigenvalue weighted by atomic mass is 19.1. The number of hydrogen-bond acceptors (Lipinski definition) is 2. The Kier molecular flexibility index (Phi) is 4.91. The molecule has 0 fully saturated rings. The molecule has 0 amide bonds. The smallest absolute Gasteiger partial charge is 0.127 e. The van der Waals surface area contributed by atoms with Gasteiger partial charge in [0, 0.05) is 18.2 Å². The van der Waals surface area contributed by atoms with Crippen LogP contribution in [-0.4, -0.2) is 12.1 Å². The number of halogens is 1. The fourth-order valence-corrected chi connectivity index (χ4v) is 1.38. The van der Waals surface area contributed by atoms with Gasteiger partial charge in [0.1, 0.15) is 18.2 Å². The third kappa shape index (κ3) is 5.82. The molecule has 0 atom stereocenters. The lowest BCUT2D eigenvalue weighted by molar-refractivity contribution is 0.349. The lowest BCUT2D eigenvalue weighted by Crippen LogP contribution is -2.35. The van der Waals surface area contributed by atoms with E-state index >= 15 is 0 Å². The summed E-state index contributed by atoms with van der Waals surface area (Å²) in [4.78, 5) is 0. The van der Waals surface area contributed by atoms with E-state index in [1.807, 2.05) is 13.0 Å². The molecule has 2 nitrogen and oxygen atoms in total. The van der Waals surface area contributed by atoms with Crippen molar-refractivity contribution in [1.82, 2.24) is 5.32 Å². The van der Waals surface area contributed by atoms with Crippen molar-refractivity contribution < 1.29 is 9.13 Å². The molecular formula is C15H22FNO. The molecule has 0 bridgehead atoms. The molecular weight excluding hydrogens is 229 g/mol. The third-order valence-electron chi connectivity index (χ3n) is 2.24. The van der Waals surface area contributed by atoms with Crippen molar-refractivity contribution in [2.45, 2.75) is 39.8 Å². The van der Waals surface area contributed by atoms with Crippen molar-refractivity contribution >= 4 is 0 Å². The summed E-state index contributed by atoms with van der Waals surface area (Å²) in [5.74, 6) is 0.267. The van der Waals surface area contributed by atoms with Gasteiger partial charge in [0.25, 0.3) is 0 Å². The molecule has 0 aliphatic heterocycles. The van der Waals surface area contributed by atoms with Crippen molar-refractivity contribution in [3.8, 4) is 5.75 Å². The zero-order chi connectivity index (χ0) is 13.8. The third-order valence-corrected chi connectivity index (χ3v) is 2.24. The van der Waals surface area contributed by atoms with Gasteiger partial charge >= 0.3 is 0 Å². The minimum absolute atomic E-state index is 0.00500. The summed E-state index contributed by atoms with van der Waals surface area (Å²) in [5.41, 5.74) is 1.79. The van der Waals surface area contributed by atoms with E-state index in [0.717, 1.165) is 11.1 Å². The summed E-state index contributed by atoms with van der Waals surface area (Å²) in [5, 5.41) is 3.32. The van der Waals surface area contributed by atoms with Gasteiger partial charge in [-0.05, 0) is 51.0 Å². The predicted molar refractivity (Wildman–Crippen MR) is 73.3 cm³/mol. The van der Waals surface area contributed by atoms with Crippen LogP contribution in [-0.2, 0) is 6.54 Å². The first-order valence-corrected chi connectivity index (χ1v) is 6.08. The summed E-state index contributed by atoms with van der Waals surface area (Å²) >= 11 is 0. The molecule has 0 saturated carbocycles. The Balaban J connectivity index is 2.71. The summed E-state index contributed by atoms with van der Waals surface area (Å²) in [7, 11) is 0. The van der Waals surface area contributed by atoms with E-state index in [1.54, 1.807) is 0 Å². The second-order valence-electron chi connectivity index (χ2n) is 5.64. The van der Waals surface area contributed by atoms with Crippen LogP contribution in [0, 0.1) is 5.82 Å². The molecule has 100 valence electrons. The molecule has 3 heteroatoms. The summed E-state index contributed by atoms with van der Waals surface area (Å²) < 4.78 is 18.9. The minimum Gasteiger partial charge on any atom is -0.489 e. The Labute approximate surface area is 109 Å². The first kappa shape index (κ1) is 14.7. The molecule has 0 aliphatic carbocycles. The van der Waals surface area contributed by atoms with Crippen molar-refractivity contribution in [3.63, 3.8) is 0 Å². The van der Waals surface area contributed by atoms with Crippen LogP contribution in [0.5, 0.6) is 5.75 Å². The van der Waals surface area contributed by atoms with E-state index in [1.165, 1.54) is 12.1 Å². The second-order valence-corrected chi connectivity index (χ2v) is 5.64. The van der Waals surface area contributed by atoms with Crippen LogP contribution in [0.4, 0.5) is 4.39 Å². The van der Waals surface area contributed by atoms with Gasteiger partial charge in [0.05, 0.1) is 0 Å². The van der Waals surface area contributed by atoms with Gasteiger partial charge < -0.3 is 10.1 Å². The first-order chi connectivity index (χ1) is 8.26. The lowest BCUT2D eigenvalue weighted by atomic mass is 10.1. The average molecular weight is 251 g/mol. The maximum Gasteiger partial charge on any atom is 0.127 e. The molecule has 1 rings (SSSR count). The van der Waals surface area contributed by atoms with Crippen LogP contribution in [0.15, 0.2) is 30.4 Å². The van der Waals surface area contributed by atoms with E-state index < -0.39 is 0 Å². The standard InChI is InChI=1S/C15H22FNO/c1-11(2)10-18-14-7-12(6-13(16)8-14)9-17-15(3,4)5/h6-8,17H,1,9-10H2,2-5H3. The highest BCUT2D eigenvalue weighted by molar-refractivity contribution is 5.30. The molecule has 18 heavy (non-hydrogen) atoms. The first-order valence-electron chi connectivity index (χ1n) is 6.08. The molecule has 0 radical (unpaired) electrons. The van der Waals surface area contributed by atoms with E-state index in [4.69, 9.17) is 4.74 Å². The van der Waals surface area contributed by atoms with Gasteiger partial charge in [-0.2, -0.15) is 0 Å². The van der Waals surface area contributed by atoms with Crippen molar-refractivity contribution in [3.05, 3.63) is 41.7 Å². The number of hydrogen-bond donors (Lipinski definition) is 1. The van der Waals surface area contributed by atoms with Crippen molar-refractivity contribution in [2.24, 2.45) is 0 Å². The molecule has 0 heterocycles. The monoisotopic (exact) mass is 251 g/mol. The summed E-state index contributed by atoms with van der Waals surface area (Å²) in [6.45, 7) is 12.9. The van der Waals surface area contributed by atoms with Crippen molar-refractivity contribution in [1.29, 1.82) is 0 Å². The Morgan fingerprint density at radius 1 is 1.33 bits per heavy atom. The van der Waals surface area contributed by atoms with Gasteiger partial charge in [-0.25, -0.2) is 4.39 Å².